The van der Waals surface area contributed by atoms with Gasteiger partial charge >= 0.3 is 5.97 Å². The fourth-order valence-electron chi connectivity index (χ4n) is 3.15. The van der Waals surface area contributed by atoms with E-state index in [0.717, 1.165) is 27.6 Å². The molecule has 1 fully saturated rings. The number of aromatic nitrogens is 1. The largest absolute Gasteiger partial charge is 0.455 e. The molecule has 0 unspecified atom stereocenters. The number of fused-ring (bicyclic) bond motifs is 1. The first-order chi connectivity index (χ1) is 14.2. The summed E-state index contributed by atoms with van der Waals surface area (Å²) in [5.41, 5.74) is 2.78. The molecule has 0 atom stereocenters. The van der Waals surface area contributed by atoms with Gasteiger partial charge < -0.3 is 15.0 Å². The average Bonchev–Trinajstić information content (AvgIpc) is 3.41. The van der Waals surface area contributed by atoms with Crippen LogP contribution in [-0.2, 0) is 14.3 Å². The van der Waals surface area contributed by atoms with Crippen LogP contribution < -0.4 is 10.2 Å². The highest BCUT2D eigenvalue weighted by Gasteiger charge is 2.13. The van der Waals surface area contributed by atoms with Crippen molar-refractivity contribution >= 4 is 56.6 Å². The van der Waals surface area contributed by atoms with E-state index in [2.05, 4.69) is 15.2 Å². The maximum absolute atomic E-state index is 12.0. The van der Waals surface area contributed by atoms with Crippen molar-refractivity contribution in [2.45, 2.75) is 17.2 Å². The van der Waals surface area contributed by atoms with E-state index in [1.807, 2.05) is 48.5 Å². The van der Waals surface area contributed by atoms with Gasteiger partial charge in [-0.05, 0) is 49.2 Å². The lowest BCUT2D eigenvalue weighted by atomic mass is 10.2. The van der Waals surface area contributed by atoms with Crippen LogP contribution in [0.2, 0.25) is 0 Å². The average molecular weight is 428 g/mol. The number of thioether (sulfide) groups is 1. The third-order valence-electron chi connectivity index (χ3n) is 4.57. The number of anilines is 2. The number of hydrogen-bond acceptors (Lipinski definition) is 7. The summed E-state index contributed by atoms with van der Waals surface area (Å²) < 4.78 is 6.97. The van der Waals surface area contributed by atoms with E-state index in [1.165, 1.54) is 41.6 Å². The summed E-state index contributed by atoms with van der Waals surface area (Å²) in [5.74, 6) is -0.663. The molecule has 1 amide bonds. The zero-order chi connectivity index (χ0) is 20.1. The molecule has 1 saturated heterocycles. The van der Waals surface area contributed by atoms with Crippen LogP contribution in [-0.4, -0.2) is 42.3 Å². The molecule has 0 aliphatic carbocycles. The molecule has 0 radical (unpaired) electrons. The summed E-state index contributed by atoms with van der Waals surface area (Å²) in [7, 11) is 0. The molecule has 2 heterocycles. The Morgan fingerprint density at radius 1 is 1.10 bits per heavy atom. The SMILES string of the molecule is O=C(COC(=O)CSc1nc2ccccc2s1)Nc1ccc(N2CCCC2)cc1. The summed E-state index contributed by atoms with van der Waals surface area (Å²) in [6.45, 7) is 1.86. The summed E-state index contributed by atoms with van der Waals surface area (Å²) in [5, 5.41) is 2.75. The van der Waals surface area contributed by atoms with Gasteiger partial charge in [-0.2, -0.15) is 0 Å². The van der Waals surface area contributed by atoms with E-state index < -0.39 is 5.97 Å². The minimum absolute atomic E-state index is 0.123. The van der Waals surface area contributed by atoms with Crippen LogP contribution in [0.15, 0.2) is 52.9 Å². The third-order valence-corrected chi connectivity index (χ3v) is 6.73. The van der Waals surface area contributed by atoms with Gasteiger partial charge in [-0.25, -0.2) is 4.98 Å². The summed E-state index contributed by atoms with van der Waals surface area (Å²) in [6.07, 6.45) is 2.45. The molecule has 0 spiro atoms. The standard InChI is InChI=1S/C21H21N3O3S2/c25-19(22-15-7-9-16(10-8-15)24-11-3-4-12-24)13-27-20(26)14-28-21-23-17-5-1-2-6-18(17)29-21/h1-2,5-10H,3-4,11-14H2,(H,22,25). The first-order valence-corrected chi connectivity index (χ1v) is 11.3. The maximum atomic E-state index is 12.0. The fourth-order valence-corrected chi connectivity index (χ4v) is 5.02. The van der Waals surface area contributed by atoms with Crippen LogP contribution >= 0.6 is 23.1 Å². The number of thiazole rings is 1. The van der Waals surface area contributed by atoms with Gasteiger partial charge in [0.05, 0.1) is 16.0 Å². The number of ether oxygens (including phenoxy) is 1. The molecule has 29 heavy (non-hydrogen) atoms. The van der Waals surface area contributed by atoms with Crippen molar-refractivity contribution in [3.63, 3.8) is 0 Å². The molecule has 4 rings (SSSR count). The zero-order valence-corrected chi connectivity index (χ0v) is 17.4. The number of carbonyl (C=O) groups excluding carboxylic acids is 2. The van der Waals surface area contributed by atoms with Crippen molar-refractivity contribution in [2.75, 3.05) is 35.7 Å². The van der Waals surface area contributed by atoms with Crippen molar-refractivity contribution in [2.24, 2.45) is 0 Å². The predicted molar refractivity (Wildman–Crippen MR) is 118 cm³/mol. The number of rotatable bonds is 7. The Morgan fingerprint density at radius 3 is 2.62 bits per heavy atom. The highest BCUT2D eigenvalue weighted by molar-refractivity contribution is 8.01. The number of amides is 1. The van der Waals surface area contributed by atoms with E-state index in [4.69, 9.17) is 4.74 Å². The highest BCUT2D eigenvalue weighted by Crippen LogP contribution is 2.29. The molecule has 1 aliphatic rings. The Labute approximate surface area is 177 Å². The molecular weight excluding hydrogens is 406 g/mol. The number of para-hydroxylation sites is 1. The quantitative estimate of drug-likeness (QED) is 0.451. The molecule has 8 heteroatoms. The Morgan fingerprint density at radius 2 is 1.86 bits per heavy atom. The van der Waals surface area contributed by atoms with Crippen molar-refractivity contribution < 1.29 is 14.3 Å². The van der Waals surface area contributed by atoms with Crippen LogP contribution in [0.5, 0.6) is 0 Å². The molecular formula is C21H21N3O3S2. The van der Waals surface area contributed by atoms with Crippen molar-refractivity contribution in [1.82, 2.24) is 4.98 Å². The third kappa shape index (κ3) is 5.27. The van der Waals surface area contributed by atoms with Gasteiger partial charge in [0.15, 0.2) is 10.9 Å². The molecule has 0 bridgehead atoms. The number of benzene rings is 2. The molecule has 1 aliphatic heterocycles. The van der Waals surface area contributed by atoms with E-state index in [0.29, 0.717) is 5.69 Å². The van der Waals surface area contributed by atoms with Gasteiger partial charge in [0.25, 0.3) is 5.91 Å². The van der Waals surface area contributed by atoms with Crippen molar-refractivity contribution in [3.05, 3.63) is 48.5 Å². The smallest absolute Gasteiger partial charge is 0.316 e. The number of nitrogens with one attached hydrogen (secondary N) is 1. The summed E-state index contributed by atoms with van der Waals surface area (Å²) >= 11 is 2.86. The van der Waals surface area contributed by atoms with Gasteiger partial charge in [-0.1, -0.05) is 23.9 Å². The summed E-state index contributed by atoms with van der Waals surface area (Å²) in [6, 6.07) is 15.6. The van der Waals surface area contributed by atoms with E-state index in [9.17, 15) is 9.59 Å². The second kappa shape index (κ2) is 9.28. The number of carbonyl (C=O) groups is 2. The lowest BCUT2D eigenvalue weighted by Gasteiger charge is -2.17. The van der Waals surface area contributed by atoms with Gasteiger partial charge in [0, 0.05) is 24.5 Å². The molecule has 1 N–H and O–H groups in total. The first-order valence-electron chi connectivity index (χ1n) is 9.46. The Bertz CT molecular complexity index is 965. The van der Waals surface area contributed by atoms with Crippen LogP contribution in [0, 0.1) is 0 Å². The zero-order valence-electron chi connectivity index (χ0n) is 15.8. The minimum Gasteiger partial charge on any atom is -0.455 e. The minimum atomic E-state index is -0.436. The molecule has 2 aromatic carbocycles. The van der Waals surface area contributed by atoms with Crippen LogP contribution in [0.1, 0.15) is 12.8 Å². The molecule has 0 saturated carbocycles. The lowest BCUT2D eigenvalue weighted by molar-refractivity contribution is -0.144. The second-order valence-electron chi connectivity index (χ2n) is 6.69. The number of hydrogen-bond donors (Lipinski definition) is 1. The maximum Gasteiger partial charge on any atom is 0.316 e. The van der Waals surface area contributed by atoms with Gasteiger partial charge in [0.1, 0.15) is 0 Å². The molecule has 150 valence electrons. The van der Waals surface area contributed by atoms with E-state index >= 15 is 0 Å². The molecule has 6 nitrogen and oxygen atoms in total. The van der Waals surface area contributed by atoms with E-state index in [1.54, 1.807) is 0 Å². The van der Waals surface area contributed by atoms with Crippen LogP contribution in [0.25, 0.3) is 10.2 Å². The fraction of sp³-hybridized carbons (Fsp3) is 0.286. The van der Waals surface area contributed by atoms with Gasteiger partial charge in [0.2, 0.25) is 0 Å². The lowest BCUT2D eigenvalue weighted by Crippen LogP contribution is -2.22. The predicted octanol–water partition coefficient (Wildman–Crippen LogP) is 4.17. The first kappa shape index (κ1) is 19.7. The Balaban J connectivity index is 1.20. The second-order valence-corrected chi connectivity index (χ2v) is 8.94. The number of nitrogens with zero attached hydrogens (tertiary/aromatic N) is 2. The number of esters is 1. The van der Waals surface area contributed by atoms with Gasteiger partial charge in [-0.15, -0.1) is 11.3 Å². The Hall–Kier alpha value is -2.58. The van der Waals surface area contributed by atoms with Crippen LogP contribution in [0.4, 0.5) is 11.4 Å². The Kier molecular flexibility index (Phi) is 6.31. The molecule has 3 aromatic rings. The van der Waals surface area contributed by atoms with E-state index in [-0.39, 0.29) is 18.3 Å². The molecule has 1 aromatic heterocycles. The van der Waals surface area contributed by atoms with Crippen LogP contribution in [0.3, 0.4) is 0 Å². The summed E-state index contributed by atoms with van der Waals surface area (Å²) in [4.78, 5) is 30.8. The highest BCUT2D eigenvalue weighted by atomic mass is 32.2. The van der Waals surface area contributed by atoms with Crippen molar-refractivity contribution in [3.8, 4) is 0 Å². The topological polar surface area (TPSA) is 71.5 Å². The monoisotopic (exact) mass is 427 g/mol. The van der Waals surface area contributed by atoms with Gasteiger partial charge in [-0.3, -0.25) is 9.59 Å². The normalized spacial score (nSPS) is 13.6. The van der Waals surface area contributed by atoms with Crippen molar-refractivity contribution in [1.29, 1.82) is 0 Å².